The minimum Gasteiger partial charge on any atom is -0.360 e. The van der Waals surface area contributed by atoms with Crippen molar-refractivity contribution < 1.29 is 14.1 Å². The van der Waals surface area contributed by atoms with Gasteiger partial charge in [-0.25, -0.2) is 4.79 Å². The lowest BCUT2D eigenvalue weighted by atomic mass is 9.95. The summed E-state index contributed by atoms with van der Waals surface area (Å²) in [7, 11) is 3.54. The van der Waals surface area contributed by atoms with Crippen molar-refractivity contribution >= 4 is 11.9 Å². The van der Waals surface area contributed by atoms with Crippen LogP contribution in [0.15, 0.2) is 4.52 Å². The third-order valence-corrected chi connectivity index (χ3v) is 4.98. The molecular weight excluding hydrogens is 308 g/mol. The predicted molar refractivity (Wildman–Crippen MR) is 88.9 cm³/mol. The summed E-state index contributed by atoms with van der Waals surface area (Å²) >= 11 is 0. The van der Waals surface area contributed by atoms with Crippen molar-refractivity contribution in [2.75, 3.05) is 33.7 Å². The zero-order valence-corrected chi connectivity index (χ0v) is 14.5. The van der Waals surface area contributed by atoms with Gasteiger partial charge in [-0.3, -0.25) is 4.79 Å². The number of piperidine rings is 1. The highest BCUT2D eigenvalue weighted by Gasteiger charge is 2.26. The van der Waals surface area contributed by atoms with Gasteiger partial charge in [0, 0.05) is 45.7 Å². The van der Waals surface area contributed by atoms with Crippen LogP contribution in [0.25, 0.3) is 0 Å². The number of carbonyl (C=O) groups is 2. The second-order valence-corrected chi connectivity index (χ2v) is 6.96. The molecule has 0 radical (unpaired) electrons. The summed E-state index contributed by atoms with van der Waals surface area (Å²) in [5.41, 5.74) is 1.45. The monoisotopic (exact) mass is 334 g/mol. The molecule has 0 saturated carbocycles. The highest BCUT2D eigenvalue weighted by Crippen LogP contribution is 2.24. The fourth-order valence-electron chi connectivity index (χ4n) is 3.50. The topological polar surface area (TPSA) is 78.7 Å². The molecule has 7 nitrogen and oxygen atoms in total. The number of likely N-dealkylation sites (tertiary alicyclic amines) is 1. The van der Waals surface area contributed by atoms with E-state index in [1.54, 1.807) is 19.0 Å². The van der Waals surface area contributed by atoms with E-state index in [1.807, 2.05) is 4.90 Å². The maximum atomic E-state index is 12.4. The molecule has 1 aromatic rings. The van der Waals surface area contributed by atoms with Gasteiger partial charge in [-0.2, -0.15) is 0 Å². The molecule has 24 heavy (non-hydrogen) atoms. The lowest BCUT2D eigenvalue weighted by Gasteiger charge is -2.33. The minimum atomic E-state index is -0.131. The first kappa shape index (κ1) is 16.8. The third kappa shape index (κ3) is 3.55. The maximum Gasteiger partial charge on any atom is 0.319 e. The van der Waals surface area contributed by atoms with Gasteiger partial charge in [0.05, 0.1) is 0 Å². The van der Waals surface area contributed by atoms with E-state index in [4.69, 9.17) is 4.52 Å². The summed E-state index contributed by atoms with van der Waals surface area (Å²) in [6.07, 6.45) is 5.79. The summed E-state index contributed by atoms with van der Waals surface area (Å²) in [5, 5.41) is 6.97. The number of urea groups is 1. The van der Waals surface area contributed by atoms with Crippen molar-refractivity contribution in [2.24, 2.45) is 5.92 Å². The molecule has 2 aliphatic rings. The molecular formula is C17H26N4O3. The first-order valence-corrected chi connectivity index (χ1v) is 8.78. The number of hydrogen-bond donors (Lipinski definition) is 1. The number of rotatable bonds is 3. The molecule has 1 fully saturated rings. The predicted octanol–water partition coefficient (Wildman–Crippen LogP) is 1.68. The van der Waals surface area contributed by atoms with E-state index in [0.29, 0.717) is 18.2 Å². The second kappa shape index (κ2) is 7.23. The van der Waals surface area contributed by atoms with E-state index >= 15 is 0 Å². The largest absolute Gasteiger partial charge is 0.360 e. The van der Waals surface area contributed by atoms with Crippen molar-refractivity contribution in [3.63, 3.8) is 0 Å². The minimum absolute atomic E-state index is 0.0618. The van der Waals surface area contributed by atoms with Gasteiger partial charge < -0.3 is 19.6 Å². The fourth-order valence-corrected chi connectivity index (χ4v) is 3.50. The van der Waals surface area contributed by atoms with Crippen LogP contribution in [0.5, 0.6) is 0 Å². The molecule has 132 valence electrons. The summed E-state index contributed by atoms with van der Waals surface area (Å²) in [4.78, 5) is 27.8. The number of nitrogens with one attached hydrogen (secondary N) is 1. The van der Waals surface area contributed by atoms with Crippen LogP contribution < -0.4 is 5.32 Å². The van der Waals surface area contributed by atoms with Crippen LogP contribution in [-0.2, 0) is 12.8 Å². The summed E-state index contributed by atoms with van der Waals surface area (Å²) < 4.78 is 5.30. The van der Waals surface area contributed by atoms with Crippen molar-refractivity contribution in [2.45, 2.75) is 38.5 Å². The first-order valence-electron chi connectivity index (χ1n) is 8.78. The number of aromatic nitrogens is 1. The van der Waals surface area contributed by atoms with Gasteiger partial charge in [0.2, 0.25) is 0 Å². The molecule has 0 spiro atoms. The Hall–Kier alpha value is -2.05. The van der Waals surface area contributed by atoms with Gasteiger partial charge in [0.25, 0.3) is 5.91 Å². The standard InChI is InChI=1S/C17H26N4O3/c1-20(2)17(23)21-9-7-12(8-10-21)11-18-16(22)15-13-5-3-4-6-14(13)24-19-15/h12H,3-11H2,1-2H3,(H,18,22). The molecule has 1 N–H and O–H groups in total. The highest BCUT2D eigenvalue weighted by atomic mass is 16.5. The van der Waals surface area contributed by atoms with E-state index in [1.165, 1.54) is 0 Å². The zero-order chi connectivity index (χ0) is 17.1. The molecule has 7 heteroatoms. The van der Waals surface area contributed by atoms with E-state index in [-0.39, 0.29) is 11.9 Å². The molecule has 2 heterocycles. The summed E-state index contributed by atoms with van der Waals surface area (Å²) in [6, 6.07) is 0.0618. The van der Waals surface area contributed by atoms with Crippen LogP contribution in [0.1, 0.15) is 47.5 Å². The Bertz CT molecular complexity index is 603. The van der Waals surface area contributed by atoms with Crippen LogP contribution in [0.2, 0.25) is 0 Å². The Morgan fingerprint density at radius 1 is 1.25 bits per heavy atom. The van der Waals surface area contributed by atoms with E-state index in [2.05, 4.69) is 10.5 Å². The average Bonchev–Trinajstić information content (AvgIpc) is 3.03. The number of amides is 3. The molecule has 1 aliphatic heterocycles. The van der Waals surface area contributed by atoms with Gasteiger partial charge >= 0.3 is 6.03 Å². The second-order valence-electron chi connectivity index (χ2n) is 6.96. The van der Waals surface area contributed by atoms with E-state index < -0.39 is 0 Å². The van der Waals surface area contributed by atoms with E-state index in [9.17, 15) is 9.59 Å². The lowest BCUT2D eigenvalue weighted by Crippen LogP contribution is -2.45. The van der Waals surface area contributed by atoms with Crippen molar-refractivity contribution in [3.05, 3.63) is 17.0 Å². The van der Waals surface area contributed by atoms with Gasteiger partial charge in [-0.15, -0.1) is 0 Å². The molecule has 1 aliphatic carbocycles. The van der Waals surface area contributed by atoms with Crippen LogP contribution in [0, 0.1) is 5.92 Å². The molecule has 0 unspecified atom stereocenters. The first-order chi connectivity index (χ1) is 11.6. The van der Waals surface area contributed by atoms with Gasteiger partial charge in [-0.05, 0) is 38.0 Å². The number of aryl methyl sites for hydroxylation is 1. The van der Waals surface area contributed by atoms with Gasteiger partial charge in [0.15, 0.2) is 5.69 Å². The number of nitrogens with zero attached hydrogens (tertiary/aromatic N) is 3. The van der Waals surface area contributed by atoms with Crippen molar-refractivity contribution in [1.29, 1.82) is 0 Å². The van der Waals surface area contributed by atoms with Gasteiger partial charge in [0.1, 0.15) is 5.76 Å². The average molecular weight is 334 g/mol. The molecule has 1 aromatic heterocycles. The summed E-state index contributed by atoms with van der Waals surface area (Å²) in [5.74, 6) is 1.15. The molecule has 0 aromatic carbocycles. The van der Waals surface area contributed by atoms with Crippen LogP contribution >= 0.6 is 0 Å². The molecule has 3 amide bonds. The van der Waals surface area contributed by atoms with Crippen molar-refractivity contribution in [3.8, 4) is 0 Å². The molecule has 3 rings (SSSR count). The van der Waals surface area contributed by atoms with Crippen molar-refractivity contribution in [1.82, 2.24) is 20.3 Å². The number of carbonyl (C=O) groups excluding carboxylic acids is 2. The molecule has 1 saturated heterocycles. The fraction of sp³-hybridized carbons (Fsp3) is 0.706. The normalized spacial score (nSPS) is 18.2. The maximum absolute atomic E-state index is 12.4. The SMILES string of the molecule is CN(C)C(=O)N1CCC(CNC(=O)c2noc3c2CCCC3)CC1. The Morgan fingerprint density at radius 3 is 2.67 bits per heavy atom. The van der Waals surface area contributed by atoms with Crippen LogP contribution in [0.4, 0.5) is 4.79 Å². The number of fused-ring (bicyclic) bond motifs is 1. The quantitative estimate of drug-likeness (QED) is 0.912. The zero-order valence-electron chi connectivity index (χ0n) is 14.5. The Labute approximate surface area is 142 Å². The van der Waals surface area contributed by atoms with Gasteiger partial charge in [-0.1, -0.05) is 5.16 Å². The number of hydrogen-bond acceptors (Lipinski definition) is 4. The molecule has 0 bridgehead atoms. The molecule has 0 atom stereocenters. The van der Waals surface area contributed by atoms with Crippen LogP contribution in [-0.4, -0.2) is 60.6 Å². The Kier molecular flexibility index (Phi) is 5.06. The summed E-state index contributed by atoms with van der Waals surface area (Å²) in [6.45, 7) is 2.12. The van der Waals surface area contributed by atoms with Crippen LogP contribution in [0.3, 0.4) is 0 Å². The van der Waals surface area contributed by atoms with E-state index in [0.717, 1.165) is 62.9 Å². The highest BCUT2D eigenvalue weighted by molar-refractivity contribution is 5.93. The third-order valence-electron chi connectivity index (χ3n) is 4.98. The Balaban J connectivity index is 1.48. The smallest absolute Gasteiger partial charge is 0.319 e. The Morgan fingerprint density at radius 2 is 1.96 bits per heavy atom. The lowest BCUT2D eigenvalue weighted by molar-refractivity contribution is 0.0925.